The van der Waals surface area contributed by atoms with Crippen molar-refractivity contribution in [2.45, 2.75) is 13.0 Å². The number of carbonyl (C=O) groups excluding carboxylic acids is 2. The summed E-state index contributed by atoms with van der Waals surface area (Å²) in [5.74, 6) is -0.848. The zero-order valence-electron chi connectivity index (χ0n) is 11.7. The minimum absolute atomic E-state index is 0.301. The van der Waals surface area contributed by atoms with E-state index >= 15 is 0 Å². The highest BCUT2D eigenvalue weighted by Gasteiger charge is 2.11. The lowest BCUT2D eigenvalue weighted by atomic mass is 10.2. The Hall–Kier alpha value is -3.20. The molecule has 0 aliphatic carbocycles. The van der Waals surface area contributed by atoms with E-state index in [1.807, 2.05) is 6.07 Å². The summed E-state index contributed by atoms with van der Waals surface area (Å²) in [5.41, 5.74) is 1.66. The summed E-state index contributed by atoms with van der Waals surface area (Å²) in [4.78, 5) is 27.4. The molecule has 22 heavy (non-hydrogen) atoms. The van der Waals surface area contributed by atoms with Gasteiger partial charge in [-0.05, 0) is 29.8 Å². The zero-order valence-corrected chi connectivity index (χ0v) is 11.7. The maximum Gasteiger partial charge on any atom is 0.233 e. The summed E-state index contributed by atoms with van der Waals surface area (Å²) in [5, 5.41) is 14.1. The number of hydrogen-bond acceptors (Lipinski definition) is 4. The molecule has 2 N–H and O–H groups in total. The summed E-state index contributed by atoms with van der Waals surface area (Å²) in [7, 11) is 0. The van der Waals surface area contributed by atoms with Gasteiger partial charge in [0.1, 0.15) is 12.5 Å². The van der Waals surface area contributed by atoms with E-state index in [9.17, 15) is 9.59 Å². The maximum atomic E-state index is 11.8. The van der Waals surface area contributed by atoms with Gasteiger partial charge in [-0.15, -0.1) is 0 Å². The number of amides is 2. The van der Waals surface area contributed by atoms with Gasteiger partial charge >= 0.3 is 0 Å². The van der Waals surface area contributed by atoms with Crippen molar-refractivity contribution in [1.29, 1.82) is 5.26 Å². The van der Waals surface area contributed by atoms with E-state index in [-0.39, 0.29) is 12.3 Å². The molecule has 1 aromatic heterocycles. The van der Waals surface area contributed by atoms with Crippen LogP contribution in [-0.2, 0) is 16.1 Å². The Balaban J connectivity index is 1.84. The second-order valence-corrected chi connectivity index (χ2v) is 4.51. The summed E-state index contributed by atoms with van der Waals surface area (Å²) >= 11 is 0. The van der Waals surface area contributed by atoms with Gasteiger partial charge in [-0.1, -0.05) is 12.1 Å². The number of pyridine rings is 1. The Kier molecular flexibility index (Phi) is 5.21. The molecule has 0 atom stereocenters. The average Bonchev–Trinajstić information content (AvgIpc) is 2.54. The second-order valence-electron chi connectivity index (χ2n) is 4.51. The fourth-order valence-corrected chi connectivity index (χ4v) is 1.79. The van der Waals surface area contributed by atoms with Crippen molar-refractivity contribution in [2.24, 2.45) is 0 Å². The number of nitrogens with zero attached hydrogens (tertiary/aromatic N) is 2. The maximum absolute atomic E-state index is 11.8. The third kappa shape index (κ3) is 4.42. The topological polar surface area (TPSA) is 94.9 Å². The van der Waals surface area contributed by atoms with Crippen molar-refractivity contribution in [2.75, 3.05) is 5.32 Å². The number of anilines is 1. The van der Waals surface area contributed by atoms with Crippen LogP contribution in [0.25, 0.3) is 0 Å². The molecule has 0 fully saturated rings. The van der Waals surface area contributed by atoms with E-state index in [1.165, 1.54) is 0 Å². The first-order valence-electron chi connectivity index (χ1n) is 6.63. The molecule has 0 spiro atoms. The molecule has 0 aliphatic rings. The number of benzene rings is 1. The number of para-hydroxylation sites is 1. The zero-order chi connectivity index (χ0) is 15.8. The Bertz CT molecular complexity index is 708. The molecule has 6 heteroatoms. The summed E-state index contributed by atoms with van der Waals surface area (Å²) in [6.07, 6.45) is 2.96. The van der Waals surface area contributed by atoms with Crippen LogP contribution in [0.15, 0.2) is 48.8 Å². The lowest BCUT2D eigenvalue weighted by molar-refractivity contribution is -0.126. The molecule has 0 aliphatic heterocycles. The monoisotopic (exact) mass is 294 g/mol. The van der Waals surface area contributed by atoms with Gasteiger partial charge in [-0.2, -0.15) is 5.26 Å². The van der Waals surface area contributed by atoms with Crippen LogP contribution in [0.3, 0.4) is 0 Å². The number of nitrogens with one attached hydrogen (secondary N) is 2. The van der Waals surface area contributed by atoms with Crippen molar-refractivity contribution >= 4 is 17.5 Å². The van der Waals surface area contributed by atoms with Crippen molar-refractivity contribution in [3.8, 4) is 6.07 Å². The molecule has 1 heterocycles. The lowest BCUT2D eigenvalue weighted by Gasteiger charge is -2.07. The largest absolute Gasteiger partial charge is 0.352 e. The molecule has 0 radical (unpaired) electrons. The Labute approximate surface area is 127 Å². The minimum Gasteiger partial charge on any atom is -0.352 e. The second kappa shape index (κ2) is 7.55. The minimum atomic E-state index is -0.463. The quantitative estimate of drug-likeness (QED) is 0.819. The normalized spacial score (nSPS) is 9.59. The standard InChI is InChI=1S/C16H14N4O2/c17-10-13-3-1-2-4-14(13)20-16(22)9-15(21)19-11-12-5-7-18-8-6-12/h1-8H,9,11H2,(H,19,21)(H,20,22). The van der Waals surface area contributed by atoms with E-state index in [0.717, 1.165) is 5.56 Å². The van der Waals surface area contributed by atoms with E-state index < -0.39 is 5.91 Å². The average molecular weight is 294 g/mol. The first kappa shape index (κ1) is 15.2. The summed E-state index contributed by atoms with van der Waals surface area (Å²) in [6.45, 7) is 0.337. The predicted octanol–water partition coefficient (Wildman–Crippen LogP) is 1.60. The van der Waals surface area contributed by atoms with Gasteiger partial charge in [-0.25, -0.2) is 0 Å². The molecular formula is C16H14N4O2. The summed E-state index contributed by atoms with van der Waals surface area (Å²) < 4.78 is 0. The smallest absolute Gasteiger partial charge is 0.233 e. The Morgan fingerprint density at radius 2 is 1.82 bits per heavy atom. The highest BCUT2D eigenvalue weighted by atomic mass is 16.2. The Morgan fingerprint density at radius 1 is 1.09 bits per heavy atom. The number of aromatic nitrogens is 1. The van der Waals surface area contributed by atoms with Crippen LogP contribution in [0.5, 0.6) is 0 Å². The highest BCUT2D eigenvalue weighted by Crippen LogP contribution is 2.13. The Morgan fingerprint density at radius 3 is 2.55 bits per heavy atom. The molecule has 0 saturated carbocycles. The van der Waals surface area contributed by atoms with Crippen LogP contribution < -0.4 is 10.6 Å². The molecule has 2 aromatic rings. The van der Waals surface area contributed by atoms with E-state index in [0.29, 0.717) is 17.8 Å². The van der Waals surface area contributed by atoms with Crippen molar-refractivity contribution in [3.05, 3.63) is 59.9 Å². The van der Waals surface area contributed by atoms with Gasteiger partial charge in [0.25, 0.3) is 0 Å². The fraction of sp³-hybridized carbons (Fsp3) is 0.125. The SMILES string of the molecule is N#Cc1ccccc1NC(=O)CC(=O)NCc1ccncc1. The number of hydrogen-bond donors (Lipinski definition) is 2. The highest BCUT2D eigenvalue weighted by molar-refractivity contribution is 6.04. The third-order valence-electron chi connectivity index (χ3n) is 2.88. The van der Waals surface area contributed by atoms with Gasteiger partial charge in [0.2, 0.25) is 11.8 Å². The van der Waals surface area contributed by atoms with Crippen LogP contribution in [0.4, 0.5) is 5.69 Å². The van der Waals surface area contributed by atoms with Gasteiger partial charge in [0.05, 0.1) is 11.3 Å². The third-order valence-corrected chi connectivity index (χ3v) is 2.88. The molecule has 2 amide bonds. The molecular weight excluding hydrogens is 280 g/mol. The molecule has 1 aromatic carbocycles. The first-order chi connectivity index (χ1) is 10.7. The number of nitriles is 1. The molecule has 0 bridgehead atoms. The van der Waals surface area contributed by atoms with E-state index in [1.54, 1.807) is 48.8 Å². The molecule has 2 rings (SSSR count). The molecule has 110 valence electrons. The summed E-state index contributed by atoms with van der Waals surface area (Å²) in [6, 6.07) is 12.2. The molecule has 0 saturated heterocycles. The lowest BCUT2D eigenvalue weighted by Crippen LogP contribution is -2.27. The van der Waals surface area contributed by atoms with Crippen molar-refractivity contribution in [1.82, 2.24) is 10.3 Å². The molecule has 0 unspecified atom stereocenters. The fourth-order valence-electron chi connectivity index (χ4n) is 1.79. The van der Waals surface area contributed by atoms with Crippen LogP contribution in [0.1, 0.15) is 17.5 Å². The van der Waals surface area contributed by atoms with Crippen LogP contribution in [0.2, 0.25) is 0 Å². The van der Waals surface area contributed by atoms with E-state index in [4.69, 9.17) is 5.26 Å². The van der Waals surface area contributed by atoms with Gasteiger partial charge in [0.15, 0.2) is 0 Å². The van der Waals surface area contributed by atoms with Crippen LogP contribution in [-0.4, -0.2) is 16.8 Å². The predicted molar refractivity (Wildman–Crippen MR) is 80.5 cm³/mol. The van der Waals surface area contributed by atoms with E-state index in [2.05, 4.69) is 15.6 Å². The van der Waals surface area contributed by atoms with Crippen molar-refractivity contribution < 1.29 is 9.59 Å². The van der Waals surface area contributed by atoms with Crippen LogP contribution >= 0.6 is 0 Å². The number of carbonyl (C=O) groups is 2. The van der Waals surface area contributed by atoms with Crippen LogP contribution in [0, 0.1) is 11.3 Å². The number of rotatable bonds is 5. The van der Waals surface area contributed by atoms with Gasteiger partial charge in [-0.3, -0.25) is 14.6 Å². The van der Waals surface area contributed by atoms with Crippen molar-refractivity contribution in [3.63, 3.8) is 0 Å². The van der Waals surface area contributed by atoms with Gasteiger partial charge < -0.3 is 10.6 Å². The molecule has 6 nitrogen and oxygen atoms in total. The van der Waals surface area contributed by atoms with Gasteiger partial charge in [0, 0.05) is 18.9 Å². The first-order valence-corrected chi connectivity index (χ1v) is 6.63.